The van der Waals surface area contributed by atoms with Crippen LogP contribution < -0.4 is 4.74 Å². The molecule has 1 heterocycles. The van der Waals surface area contributed by atoms with Gasteiger partial charge in [0.2, 0.25) is 0 Å². The van der Waals surface area contributed by atoms with Gasteiger partial charge in [0, 0.05) is 47.8 Å². The van der Waals surface area contributed by atoms with Crippen LogP contribution in [0.1, 0.15) is 69.8 Å². The molecule has 0 atom stereocenters. The number of hydrogen-bond donors (Lipinski definition) is 1. The molecular formula is C25H28ClNO5. The number of allylic oxidation sites excluding steroid dienone is 4. The van der Waals surface area contributed by atoms with Gasteiger partial charge in [0.25, 0.3) is 0 Å². The van der Waals surface area contributed by atoms with Crippen molar-refractivity contribution in [1.29, 1.82) is 0 Å². The van der Waals surface area contributed by atoms with Gasteiger partial charge in [0.05, 0.1) is 18.1 Å². The molecule has 1 aliphatic heterocycles. The van der Waals surface area contributed by atoms with Gasteiger partial charge in [-0.1, -0.05) is 24.6 Å². The number of carbonyl (C=O) groups excluding carboxylic acids is 2. The lowest BCUT2D eigenvalue weighted by Crippen LogP contribution is -2.39. The van der Waals surface area contributed by atoms with Crippen molar-refractivity contribution in [1.82, 2.24) is 4.90 Å². The van der Waals surface area contributed by atoms with Crippen LogP contribution in [-0.2, 0) is 14.4 Å². The number of carbonyl (C=O) groups is 3. The minimum atomic E-state index is -0.893. The Morgan fingerprint density at radius 1 is 1.09 bits per heavy atom. The van der Waals surface area contributed by atoms with Crippen molar-refractivity contribution in [2.75, 3.05) is 13.2 Å². The average Bonchev–Trinajstić information content (AvgIpc) is 2.76. The third kappa shape index (κ3) is 4.20. The first-order valence-corrected chi connectivity index (χ1v) is 11.7. The number of rotatable bonds is 7. The summed E-state index contributed by atoms with van der Waals surface area (Å²) in [5.41, 5.74) is 3.83. The van der Waals surface area contributed by atoms with Crippen LogP contribution in [-0.4, -0.2) is 40.7 Å². The number of aliphatic carboxylic acids is 1. The molecule has 0 amide bonds. The Labute approximate surface area is 192 Å². The Hall–Kier alpha value is -2.60. The normalized spacial score (nSPS) is 19.2. The van der Waals surface area contributed by atoms with Gasteiger partial charge in [0.1, 0.15) is 5.75 Å². The summed E-state index contributed by atoms with van der Waals surface area (Å²) in [4.78, 5) is 39.6. The lowest BCUT2D eigenvalue weighted by atomic mass is 9.71. The van der Waals surface area contributed by atoms with E-state index >= 15 is 0 Å². The molecule has 0 spiro atoms. The SMILES string of the molecule is CCCOc1ccc(C2C3=C(CCCC3=O)N(CCC(=O)O)C3=C2C(=O)CCC3)cc1Cl. The van der Waals surface area contributed by atoms with E-state index in [9.17, 15) is 19.5 Å². The van der Waals surface area contributed by atoms with Crippen molar-refractivity contribution >= 4 is 29.1 Å². The topological polar surface area (TPSA) is 83.9 Å². The zero-order chi connectivity index (χ0) is 22.8. The molecule has 170 valence electrons. The number of carboxylic acid groups (broad SMARTS) is 1. The Morgan fingerprint density at radius 2 is 1.72 bits per heavy atom. The molecule has 4 rings (SSSR count). The van der Waals surface area contributed by atoms with E-state index in [0.29, 0.717) is 54.2 Å². The first-order valence-electron chi connectivity index (χ1n) is 11.4. The van der Waals surface area contributed by atoms with E-state index in [2.05, 4.69) is 0 Å². The molecule has 1 aromatic carbocycles. The Bertz CT molecular complexity index is 981. The van der Waals surface area contributed by atoms with Gasteiger partial charge in [-0.05, 0) is 49.8 Å². The monoisotopic (exact) mass is 457 g/mol. The van der Waals surface area contributed by atoms with Crippen LogP contribution in [0.4, 0.5) is 0 Å². The minimum absolute atomic E-state index is 0.0314. The van der Waals surface area contributed by atoms with Crippen LogP contribution in [0.25, 0.3) is 0 Å². The third-order valence-corrected chi connectivity index (χ3v) is 6.68. The summed E-state index contributed by atoms with van der Waals surface area (Å²) in [6.45, 7) is 2.85. The molecule has 0 aromatic heterocycles. The van der Waals surface area contributed by atoms with Crippen molar-refractivity contribution in [2.45, 2.75) is 64.2 Å². The highest BCUT2D eigenvalue weighted by Crippen LogP contribution is 2.49. The molecule has 0 unspecified atom stereocenters. The van der Waals surface area contributed by atoms with E-state index in [0.717, 1.165) is 36.2 Å². The predicted octanol–water partition coefficient (Wildman–Crippen LogP) is 5.02. The summed E-state index contributed by atoms with van der Waals surface area (Å²) in [6, 6.07) is 5.52. The summed E-state index contributed by atoms with van der Waals surface area (Å²) < 4.78 is 5.70. The van der Waals surface area contributed by atoms with Gasteiger partial charge >= 0.3 is 5.97 Å². The summed E-state index contributed by atoms with van der Waals surface area (Å²) in [5.74, 6) is -0.702. The summed E-state index contributed by atoms with van der Waals surface area (Å²) >= 11 is 6.52. The molecule has 7 heteroatoms. The fraction of sp³-hybridized carbons (Fsp3) is 0.480. The van der Waals surface area contributed by atoms with Crippen LogP contribution in [0, 0.1) is 0 Å². The minimum Gasteiger partial charge on any atom is -0.492 e. The number of halogens is 1. The largest absolute Gasteiger partial charge is 0.492 e. The van der Waals surface area contributed by atoms with Crippen molar-refractivity contribution < 1.29 is 24.2 Å². The van der Waals surface area contributed by atoms with Crippen LogP contribution >= 0.6 is 11.6 Å². The molecule has 0 saturated heterocycles. The summed E-state index contributed by atoms with van der Waals surface area (Å²) in [6.07, 6.45) is 4.55. The number of ketones is 2. The molecule has 1 aromatic rings. The second-order valence-electron chi connectivity index (χ2n) is 8.54. The highest BCUT2D eigenvalue weighted by molar-refractivity contribution is 6.32. The van der Waals surface area contributed by atoms with E-state index in [1.807, 2.05) is 30.0 Å². The number of carboxylic acids is 1. The van der Waals surface area contributed by atoms with Crippen LogP contribution in [0.15, 0.2) is 40.7 Å². The lowest BCUT2D eigenvalue weighted by molar-refractivity contribution is -0.137. The smallest absolute Gasteiger partial charge is 0.305 e. The molecule has 0 radical (unpaired) electrons. The van der Waals surface area contributed by atoms with E-state index < -0.39 is 11.9 Å². The lowest BCUT2D eigenvalue weighted by Gasteiger charge is -2.44. The molecule has 0 saturated carbocycles. The zero-order valence-corrected chi connectivity index (χ0v) is 19.0. The fourth-order valence-corrected chi connectivity index (χ4v) is 5.30. The number of nitrogens with zero attached hydrogens (tertiary/aromatic N) is 1. The van der Waals surface area contributed by atoms with Gasteiger partial charge in [-0.15, -0.1) is 0 Å². The van der Waals surface area contributed by atoms with Gasteiger partial charge in [-0.2, -0.15) is 0 Å². The van der Waals surface area contributed by atoms with Crippen molar-refractivity contribution in [3.8, 4) is 5.75 Å². The van der Waals surface area contributed by atoms with Gasteiger partial charge in [-0.25, -0.2) is 0 Å². The predicted molar refractivity (Wildman–Crippen MR) is 121 cm³/mol. The molecule has 1 N–H and O–H groups in total. The molecular weight excluding hydrogens is 430 g/mol. The van der Waals surface area contributed by atoms with Crippen molar-refractivity contribution in [3.05, 3.63) is 51.3 Å². The summed E-state index contributed by atoms with van der Waals surface area (Å²) in [7, 11) is 0. The number of Topliss-reactive ketones (excluding diaryl/α,β-unsaturated/α-hetero) is 2. The molecule has 32 heavy (non-hydrogen) atoms. The zero-order valence-electron chi connectivity index (χ0n) is 18.3. The quantitative estimate of drug-likeness (QED) is 0.619. The third-order valence-electron chi connectivity index (χ3n) is 6.39. The highest BCUT2D eigenvalue weighted by Gasteiger charge is 2.43. The maximum Gasteiger partial charge on any atom is 0.305 e. The maximum absolute atomic E-state index is 13.2. The van der Waals surface area contributed by atoms with Crippen LogP contribution in [0.2, 0.25) is 5.02 Å². The first kappa shape index (κ1) is 22.6. The van der Waals surface area contributed by atoms with Gasteiger partial charge in [-0.3, -0.25) is 14.4 Å². The number of ether oxygens (including phenoxy) is 1. The highest BCUT2D eigenvalue weighted by atomic mass is 35.5. The standard InChI is InChI=1S/C25H28ClNO5/c1-2-13-32-21-10-9-15(14-16(21)26)23-24-17(5-3-7-19(24)28)27(12-11-22(30)31)18-6-4-8-20(29)25(18)23/h9-10,14,23H,2-8,11-13H2,1H3,(H,30,31). The fourth-order valence-electron chi connectivity index (χ4n) is 5.05. The number of hydrogen-bond acceptors (Lipinski definition) is 5. The Balaban J connectivity index is 1.84. The molecule has 6 nitrogen and oxygen atoms in total. The Morgan fingerprint density at radius 3 is 2.25 bits per heavy atom. The van der Waals surface area contributed by atoms with E-state index in [1.165, 1.54) is 0 Å². The maximum atomic E-state index is 13.2. The second-order valence-corrected chi connectivity index (χ2v) is 8.95. The molecule has 0 bridgehead atoms. The van der Waals surface area contributed by atoms with Crippen molar-refractivity contribution in [2.24, 2.45) is 0 Å². The van der Waals surface area contributed by atoms with Gasteiger partial charge < -0.3 is 14.7 Å². The summed E-state index contributed by atoms with van der Waals surface area (Å²) in [5, 5.41) is 9.73. The average molecular weight is 458 g/mol. The molecule has 2 aliphatic carbocycles. The second kappa shape index (κ2) is 9.49. The van der Waals surface area contributed by atoms with E-state index in [-0.39, 0.29) is 24.5 Å². The van der Waals surface area contributed by atoms with E-state index in [4.69, 9.17) is 16.3 Å². The number of benzene rings is 1. The van der Waals surface area contributed by atoms with E-state index in [1.54, 1.807) is 0 Å². The molecule has 0 fully saturated rings. The van der Waals surface area contributed by atoms with Crippen LogP contribution in [0.3, 0.4) is 0 Å². The Kier molecular flexibility index (Phi) is 6.70. The van der Waals surface area contributed by atoms with Gasteiger partial charge in [0.15, 0.2) is 11.6 Å². The van der Waals surface area contributed by atoms with Crippen molar-refractivity contribution in [3.63, 3.8) is 0 Å². The first-order chi connectivity index (χ1) is 15.4. The van der Waals surface area contributed by atoms with Crippen LogP contribution in [0.5, 0.6) is 5.75 Å². The molecule has 3 aliphatic rings.